The number of rotatable bonds is 0. The van der Waals surface area contributed by atoms with Crippen LogP contribution in [-0.2, 0) is 0 Å². The molecule has 0 aromatic carbocycles. The molecule has 2 heteroatoms. The summed E-state index contributed by atoms with van der Waals surface area (Å²) in [5, 5.41) is 0. The van der Waals surface area contributed by atoms with Gasteiger partial charge < -0.3 is 5.53 Å². The van der Waals surface area contributed by atoms with Gasteiger partial charge in [0.05, 0.1) is 6.42 Å². The molecule has 0 aromatic rings. The zero-order chi connectivity index (χ0) is 8.44. The monoisotopic (exact) mass is 164 g/mol. The van der Waals surface area contributed by atoms with Crippen molar-refractivity contribution < 1.29 is 4.79 Å². The first-order valence-corrected chi connectivity index (χ1v) is 5.04. The Kier molecular flexibility index (Phi) is 2.02. The maximum Gasteiger partial charge on any atom is 0.269 e. The molecule has 0 unspecified atom stereocenters. The van der Waals surface area contributed by atoms with Gasteiger partial charge in [-0.3, -0.25) is 0 Å². The Morgan fingerprint density at radius 2 is 1.75 bits per heavy atom. The van der Waals surface area contributed by atoms with E-state index in [-0.39, 0.29) is 0 Å². The van der Waals surface area contributed by atoms with Crippen LogP contribution in [0.1, 0.15) is 51.4 Å². The fourth-order valence-corrected chi connectivity index (χ4v) is 2.91. The predicted octanol–water partition coefficient (Wildman–Crippen LogP) is 2.79. The van der Waals surface area contributed by atoms with E-state index in [9.17, 15) is 0 Å². The van der Waals surface area contributed by atoms with Crippen LogP contribution in [0.2, 0.25) is 0 Å². The highest BCUT2D eigenvalue weighted by atomic mass is 14.9. The molecule has 0 bridgehead atoms. The van der Waals surface area contributed by atoms with Crippen LogP contribution >= 0.6 is 0 Å². The normalized spacial score (nSPS) is 27.5. The van der Waals surface area contributed by atoms with Crippen molar-refractivity contribution in [1.82, 2.24) is 0 Å². The van der Waals surface area contributed by atoms with Gasteiger partial charge in [0.2, 0.25) is 0 Å². The predicted molar refractivity (Wildman–Crippen MR) is 48.0 cm³/mol. The Hall–Kier alpha value is -0.620. The summed E-state index contributed by atoms with van der Waals surface area (Å²) in [7, 11) is 0. The van der Waals surface area contributed by atoms with E-state index in [0.29, 0.717) is 5.41 Å². The van der Waals surface area contributed by atoms with Crippen molar-refractivity contribution >= 4 is 5.71 Å². The second-order valence-corrected chi connectivity index (χ2v) is 4.40. The summed E-state index contributed by atoms with van der Waals surface area (Å²) in [6.07, 6.45) is 10.2. The third-order valence-corrected chi connectivity index (χ3v) is 3.56. The molecule has 2 aliphatic rings. The zero-order valence-corrected chi connectivity index (χ0v) is 7.55. The van der Waals surface area contributed by atoms with Gasteiger partial charge in [-0.1, -0.05) is 12.8 Å². The molecule has 0 heterocycles. The first-order chi connectivity index (χ1) is 5.85. The molecular formula is C10H16N2. The van der Waals surface area contributed by atoms with Crippen LogP contribution < -0.4 is 0 Å². The Labute approximate surface area is 73.6 Å². The van der Waals surface area contributed by atoms with Gasteiger partial charge in [-0.25, -0.2) is 0 Å². The van der Waals surface area contributed by atoms with E-state index in [0.717, 1.165) is 18.6 Å². The molecule has 0 radical (unpaired) electrons. The average molecular weight is 164 g/mol. The Morgan fingerprint density at radius 1 is 1.08 bits per heavy atom. The van der Waals surface area contributed by atoms with Crippen LogP contribution in [0, 0.1) is 5.41 Å². The third-order valence-electron chi connectivity index (χ3n) is 3.56. The van der Waals surface area contributed by atoms with Crippen LogP contribution in [0.5, 0.6) is 0 Å². The van der Waals surface area contributed by atoms with Gasteiger partial charge in [0, 0.05) is 6.42 Å². The van der Waals surface area contributed by atoms with Crippen LogP contribution in [0.4, 0.5) is 0 Å². The fraction of sp³-hybridized carbons (Fsp3) is 0.900. The molecule has 0 aliphatic heterocycles. The zero-order valence-electron chi connectivity index (χ0n) is 7.55. The van der Waals surface area contributed by atoms with Gasteiger partial charge in [-0.05, 0) is 31.1 Å². The fourth-order valence-electron chi connectivity index (χ4n) is 2.91. The summed E-state index contributed by atoms with van der Waals surface area (Å²) < 4.78 is 0. The molecule has 66 valence electrons. The van der Waals surface area contributed by atoms with Gasteiger partial charge in [0.15, 0.2) is 0 Å². The highest BCUT2D eigenvalue weighted by molar-refractivity contribution is 5.80. The summed E-state index contributed by atoms with van der Waals surface area (Å²) in [4.78, 5) is 3.38. The van der Waals surface area contributed by atoms with Crippen molar-refractivity contribution in [3.8, 4) is 0 Å². The van der Waals surface area contributed by atoms with E-state index in [4.69, 9.17) is 5.53 Å². The van der Waals surface area contributed by atoms with Crippen molar-refractivity contribution in [2.24, 2.45) is 5.41 Å². The molecule has 2 rings (SSSR count). The van der Waals surface area contributed by atoms with Crippen LogP contribution in [0.15, 0.2) is 0 Å². The Bertz CT molecular complexity index is 220. The molecular weight excluding hydrogens is 148 g/mol. The van der Waals surface area contributed by atoms with Crippen LogP contribution in [0.25, 0.3) is 5.53 Å². The SMILES string of the molecule is [N-]=[N+]=C1CCCC2(CCCC2)C1. The van der Waals surface area contributed by atoms with Crippen molar-refractivity contribution in [3.05, 3.63) is 5.53 Å². The molecule has 0 N–H and O–H groups in total. The average Bonchev–Trinajstić information content (AvgIpc) is 2.53. The third kappa shape index (κ3) is 1.32. The first kappa shape index (κ1) is 8.00. The standard InChI is InChI=1S/C10H16N2/c11-12-9-4-3-7-10(8-9)5-1-2-6-10/h1-8H2. The van der Waals surface area contributed by atoms with Crippen LogP contribution in [0.3, 0.4) is 0 Å². The van der Waals surface area contributed by atoms with Crippen molar-refractivity contribution in [1.29, 1.82) is 0 Å². The highest BCUT2D eigenvalue weighted by Gasteiger charge is 2.39. The summed E-state index contributed by atoms with van der Waals surface area (Å²) in [6, 6.07) is 0. The summed E-state index contributed by atoms with van der Waals surface area (Å²) in [5.41, 5.74) is 10.3. The number of nitrogens with zero attached hydrogens (tertiary/aromatic N) is 2. The minimum Gasteiger partial charge on any atom is -0.362 e. The Balaban J connectivity index is 2.11. The molecule has 2 nitrogen and oxygen atoms in total. The molecule has 0 saturated heterocycles. The lowest BCUT2D eigenvalue weighted by Gasteiger charge is -2.30. The van der Waals surface area contributed by atoms with E-state index >= 15 is 0 Å². The van der Waals surface area contributed by atoms with E-state index in [1.165, 1.54) is 38.5 Å². The molecule has 0 atom stereocenters. The summed E-state index contributed by atoms with van der Waals surface area (Å²) in [6.45, 7) is 0. The van der Waals surface area contributed by atoms with E-state index < -0.39 is 0 Å². The quantitative estimate of drug-likeness (QED) is 0.390. The molecule has 2 saturated carbocycles. The molecule has 1 spiro atoms. The van der Waals surface area contributed by atoms with Crippen molar-refractivity contribution in [3.63, 3.8) is 0 Å². The molecule has 2 fully saturated rings. The largest absolute Gasteiger partial charge is 0.362 e. The molecule has 0 aromatic heterocycles. The first-order valence-electron chi connectivity index (χ1n) is 5.04. The lowest BCUT2D eigenvalue weighted by molar-refractivity contribution is -0.0191. The van der Waals surface area contributed by atoms with Gasteiger partial charge in [0.25, 0.3) is 5.71 Å². The van der Waals surface area contributed by atoms with E-state index in [2.05, 4.69) is 4.79 Å². The van der Waals surface area contributed by atoms with E-state index in [1.54, 1.807) is 0 Å². The molecule has 0 amide bonds. The number of hydrogen-bond acceptors (Lipinski definition) is 0. The number of hydrogen-bond donors (Lipinski definition) is 0. The minimum absolute atomic E-state index is 0.555. The van der Waals surface area contributed by atoms with Crippen molar-refractivity contribution in [2.45, 2.75) is 51.4 Å². The lowest BCUT2D eigenvalue weighted by Crippen LogP contribution is -2.26. The van der Waals surface area contributed by atoms with Gasteiger partial charge in [-0.2, -0.15) is 4.79 Å². The van der Waals surface area contributed by atoms with Gasteiger partial charge in [-0.15, -0.1) is 0 Å². The maximum atomic E-state index is 8.72. The topological polar surface area (TPSA) is 36.4 Å². The van der Waals surface area contributed by atoms with Gasteiger partial charge >= 0.3 is 0 Å². The second kappa shape index (κ2) is 3.02. The van der Waals surface area contributed by atoms with Crippen LogP contribution in [-0.4, -0.2) is 10.5 Å². The molecule has 2 aliphatic carbocycles. The molecule has 12 heavy (non-hydrogen) atoms. The summed E-state index contributed by atoms with van der Waals surface area (Å²) in [5.74, 6) is 0. The summed E-state index contributed by atoms with van der Waals surface area (Å²) >= 11 is 0. The van der Waals surface area contributed by atoms with Crippen molar-refractivity contribution in [2.75, 3.05) is 0 Å². The second-order valence-electron chi connectivity index (χ2n) is 4.40. The smallest absolute Gasteiger partial charge is 0.269 e. The van der Waals surface area contributed by atoms with E-state index in [1.807, 2.05) is 0 Å². The van der Waals surface area contributed by atoms with Gasteiger partial charge in [0.1, 0.15) is 0 Å². The highest BCUT2D eigenvalue weighted by Crippen LogP contribution is 2.47. The lowest BCUT2D eigenvalue weighted by atomic mass is 9.72. The minimum atomic E-state index is 0.555. The maximum absolute atomic E-state index is 8.72. The Morgan fingerprint density at radius 3 is 2.42 bits per heavy atom.